The standard InChI is InChI=1S/C27H23Cl2NO2/c1-3-5-22-14-20(15-23(17-30)21-8-12-25(29)13-9-21)16-26(31-4-2)27(22)32-18-19-6-10-24(28)11-7-19/h3,6-16H,1,4-5,18H2,2H3/b23-15+. The summed E-state index contributed by atoms with van der Waals surface area (Å²) in [4.78, 5) is 0. The number of halogens is 2. The van der Waals surface area contributed by atoms with Crippen molar-refractivity contribution in [3.05, 3.63) is 106 Å². The molecule has 162 valence electrons. The van der Waals surface area contributed by atoms with Crippen molar-refractivity contribution in [2.75, 3.05) is 6.61 Å². The summed E-state index contributed by atoms with van der Waals surface area (Å²) in [6, 6.07) is 20.9. The number of rotatable bonds is 9. The Morgan fingerprint density at radius 2 is 1.66 bits per heavy atom. The van der Waals surface area contributed by atoms with Gasteiger partial charge < -0.3 is 9.47 Å². The molecule has 3 rings (SSSR count). The Morgan fingerprint density at radius 1 is 1.00 bits per heavy atom. The number of ether oxygens (including phenoxy) is 2. The summed E-state index contributed by atoms with van der Waals surface area (Å²) in [6.07, 6.45) is 4.25. The highest BCUT2D eigenvalue weighted by molar-refractivity contribution is 6.30. The van der Waals surface area contributed by atoms with E-state index < -0.39 is 0 Å². The van der Waals surface area contributed by atoms with Gasteiger partial charge in [-0.2, -0.15) is 5.26 Å². The van der Waals surface area contributed by atoms with Gasteiger partial charge >= 0.3 is 0 Å². The highest BCUT2D eigenvalue weighted by Crippen LogP contribution is 2.36. The van der Waals surface area contributed by atoms with Crippen LogP contribution >= 0.6 is 23.2 Å². The zero-order valence-corrected chi connectivity index (χ0v) is 19.3. The Hall–Kier alpha value is -3.19. The quantitative estimate of drug-likeness (QED) is 0.185. The molecule has 0 unspecified atom stereocenters. The molecule has 3 nitrogen and oxygen atoms in total. The zero-order chi connectivity index (χ0) is 22.9. The summed E-state index contributed by atoms with van der Waals surface area (Å²) in [5.74, 6) is 1.30. The van der Waals surface area contributed by atoms with Gasteiger partial charge in [-0.25, -0.2) is 0 Å². The van der Waals surface area contributed by atoms with Crippen LogP contribution in [0.25, 0.3) is 11.6 Å². The SMILES string of the molecule is C=CCc1cc(/C=C(\C#N)c2ccc(Cl)cc2)cc(OCC)c1OCc1ccc(Cl)cc1. The molecule has 0 aliphatic heterocycles. The second-order valence-electron chi connectivity index (χ2n) is 7.02. The minimum Gasteiger partial charge on any atom is -0.490 e. The van der Waals surface area contributed by atoms with Crippen molar-refractivity contribution in [2.45, 2.75) is 20.0 Å². The van der Waals surface area contributed by atoms with Crippen LogP contribution < -0.4 is 9.47 Å². The van der Waals surface area contributed by atoms with Crippen molar-refractivity contribution in [3.8, 4) is 17.6 Å². The molecule has 0 radical (unpaired) electrons. The smallest absolute Gasteiger partial charge is 0.165 e. The largest absolute Gasteiger partial charge is 0.490 e. The molecule has 32 heavy (non-hydrogen) atoms. The summed E-state index contributed by atoms with van der Waals surface area (Å²) in [7, 11) is 0. The molecule has 0 atom stereocenters. The van der Waals surface area contributed by atoms with Crippen LogP contribution in [0.1, 0.15) is 29.2 Å². The molecular weight excluding hydrogens is 441 g/mol. The molecule has 0 aromatic heterocycles. The van der Waals surface area contributed by atoms with Crippen LogP contribution in [0.5, 0.6) is 11.5 Å². The molecule has 0 amide bonds. The maximum absolute atomic E-state index is 9.71. The molecule has 5 heteroatoms. The van der Waals surface area contributed by atoms with Crippen molar-refractivity contribution < 1.29 is 9.47 Å². The molecule has 3 aromatic rings. The fourth-order valence-corrected chi connectivity index (χ4v) is 3.46. The minimum absolute atomic E-state index is 0.380. The number of hydrogen-bond acceptors (Lipinski definition) is 3. The van der Waals surface area contributed by atoms with Crippen molar-refractivity contribution in [1.29, 1.82) is 5.26 Å². The van der Waals surface area contributed by atoms with Crippen LogP contribution in [-0.4, -0.2) is 6.61 Å². The maximum Gasteiger partial charge on any atom is 0.165 e. The van der Waals surface area contributed by atoms with Gasteiger partial charge in [0.1, 0.15) is 6.61 Å². The van der Waals surface area contributed by atoms with Crippen molar-refractivity contribution in [3.63, 3.8) is 0 Å². The molecular formula is C27H23Cl2NO2. The Bertz CT molecular complexity index is 1140. The fourth-order valence-electron chi connectivity index (χ4n) is 3.21. The summed E-state index contributed by atoms with van der Waals surface area (Å²) in [5.41, 5.74) is 4.10. The van der Waals surface area contributed by atoms with Crippen LogP contribution in [0.4, 0.5) is 0 Å². The van der Waals surface area contributed by atoms with Gasteiger partial charge in [0.15, 0.2) is 11.5 Å². The Kier molecular flexibility index (Phi) is 8.39. The van der Waals surface area contributed by atoms with E-state index in [1.165, 1.54) is 0 Å². The lowest BCUT2D eigenvalue weighted by atomic mass is 10.0. The average molecular weight is 464 g/mol. The number of nitriles is 1. The van der Waals surface area contributed by atoms with Crippen molar-refractivity contribution in [2.24, 2.45) is 0 Å². The van der Waals surface area contributed by atoms with Gasteiger partial charge in [0.05, 0.1) is 18.2 Å². The van der Waals surface area contributed by atoms with E-state index in [0.717, 1.165) is 22.3 Å². The topological polar surface area (TPSA) is 42.2 Å². The summed E-state index contributed by atoms with van der Waals surface area (Å²) < 4.78 is 12.1. The van der Waals surface area contributed by atoms with Gasteiger partial charge in [0.2, 0.25) is 0 Å². The Labute approximate surface area is 199 Å². The van der Waals surface area contributed by atoms with Gasteiger partial charge in [-0.1, -0.05) is 53.5 Å². The van der Waals surface area contributed by atoms with E-state index in [0.29, 0.717) is 46.8 Å². The Balaban J connectivity index is 1.99. The first-order chi connectivity index (χ1) is 15.5. The molecule has 0 saturated heterocycles. The Morgan fingerprint density at radius 3 is 2.25 bits per heavy atom. The summed E-state index contributed by atoms with van der Waals surface area (Å²) in [6.45, 7) is 6.66. The van der Waals surface area contributed by atoms with Crippen LogP contribution in [0.2, 0.25) is 10.0 Å². The fraction of sp³-hybridized carbons (Fsp3) is 0.148. The first kappa shape index (κ1) is 23.5. The molecule has 0 fully saturated rings. The third kappa shape index (κ3) is 6.17. The van der Waals surface area contributed by atoms with E-state index in [1.807, 2.05) is 67.6 Å². The molecule has 0 heterocycles. The van der Waals surface area contributed by atoms with E-state index in [4.69, 9.17) is 32.7 Å². The first-order valence-electron chi connectivity index (χ1n) is 10.2. The normalized spacial score (nSPS) is 11.0. The number of benzene rings is 3. The third-order valence-corrected chi connectivity index (χ3v) is 5.21. The molecule has 0 aliphatic carbocycles. The molecule has 0 N–H and O–H groups in total. The van der Waals surface area contributed by atoms with E-state index in [1.54, 1.807) is 12.1 Å². The summed E-state index contributed by atoms with van der Waals surface area (Å²) in [5, 5.41) is 11.0. The second-order valence-corrected chi connectivity index (χ2v) is 7.90. The van der Waals surface area contributed by atoms with Crippen molar-refractivity contribution >= 4 is 34.9 Å². The van der Waals surface area contributed by atoms with E-state index in [9.17, 15) is 5.26 Å². The number of hydrogen-bond donors (Lipinski definition) is 0. The monoisotopic (exact) mass is 463 g/mol. The number of allylic oxidation sites excluding steroid dienone is 2. The zero-order valence-electron chi connectivity index (χ0n) is 17.8. The minimum atomic E-state index is 0.380. The lowest BCUT2D eigenvalue weighted by Crippen LogP contribution is -2.03. The highest BCUT2D eigenvalue weighted by atomic mass is 35.5. The molecule has 0 bridgehead atoms. The van der Waals surface area contributed by atoms with E-state index in [-0.39, 0.29) is 0 Å². The van der Waals surface area contributed by atoms with Crippen LogP contribution in [0.3, 0.4) is 0 Å². The summed E-state index contributed by atoms with van der Waals surface area (Å²) >= 11 is 12.0. The van der Waals surface area contributed by atoms with Crippen LogP contribution in [0.15, 0.2) is 73.3 Å². The van der Waals surface area contributed by atoms with Crippen LogP contribution in [0, 0.1) is 11.3 Å². The average Bonchev–Trinajstić information content (AvgIpc) is 2.79. The highest BCUT2D eigenvalue weighted by Gasteiger charge is 2.14. The lowest BCUT2D eigenvalue weighted by molar-refractivity contribution is 0.267. The van der Waals surface area contributed by atoms with Crippen LogP contribution in [-0.2, 0) is 13.0 Å². The van der Waals surface area contributed by atoms with E-state index in [2.05, 4.69) is 12.6 Å². The molecule has 3 aromatic carbocycles. The predicted molar refractivity (Wildman–Crippen MR) is 132 cm³/mol. The van der Waals surface area contributed by atoms with Gasteiger partial charge in [-0.15, -0.1) is 6.58 Å². The third-order valence-electron chi connectivity index (χ3n) is 4.70. The predicted octanol–water partition coefficient (Wildman–Crippen LogP) is 7.76. The molecule has 0 spiro atoms. The van der Waals surface area contributed by atoms with Gasteiger partial charge in [-0.05, 0) is 72.5 Å². The number of nitrogens with zero attached hydrogens (tertiary/aromatic N) is 1. The lowest BCUT2D eigenvalue weighted by Gasteiger charge is -2.17. The van der Waals surface area contributed by atoms with Crippen molar-refractivity contribution in [1.82, 2.24) is 0 Å². The van der Waals surface area contributed by atoms with E-state index >= 15 is 0 Å². The van der Waals surface area contributed by atoms with Gasteiger partial charge in [0.25, 0.3) is 0 Å². The second kappa shape index (κ2) is 11.4. The first-order valence-corrected chi connectivity index (χ1v) is 10.9. The molecule has 0 aliphatic rings. The van der Waals surface area contributed by atoms with Gasteiger partial charge in [0, 0.05) is 15.6 Å². The maximum atomic E-state index is 9.71. The molecule has 0 saturated carbocycles. The van der Waals surface area contributed by atoms with Gasteiger partial charge in [-0.3, -0.25) is 0 Å².